The van der Waals surface area contributed by atoms with Gasteiger partial charge in [-0.15, -0.1) is 0 Å². The highest BCUT2D eigenvalue weighted by atomic mass is 16.7. The number of carboxylic acid groups (broad SMARTS) is 1. The Bertz CT molecular complexity index is 2000. The molecule has 12 nitrogen and oxygen atoms in total. The number of para-hydroxylation sites is 1. The van der Waals surface area contributed by atoms with Gasteiger partial charge in [-0.25, -0.2) is 4.79 Å². The number of hydrogen-bond acceptors (Lipinski definition) is 9. The number of aliphatic hydroxyl groups excluding tert-OH is 1. The van der Waals surface area contributed by atoms with Gasteiger partial charge in [-0.1, -0.05) is 79.4 Å². The lowest BCUT2D eigenvalue weighted by atomic mass is 9.87. The van der Waals surface area contributed by atoms with Crippen LogP contribution in [0.4, 0.5) is 5.69 Å². The van der Waals surface area contributed by atoms with E-state index < -0.39 is 59.6 Å². The Morgan fingerprint density at radius 2 is 1.62 bits per heavy atom. The van der Waals surface area contributed by atoms with Gasteiger partial charge in [0.1, 0.15) is 11.9 Å². The lowest BCUT2D eigenvalue weighted by Crippen LogP contribution is -2.44. The number of furan rings is 1. The van der Waals surface area contributed by atoms with Crippen molar-refractivity contribution in [1.29, 1.82) is 0 Å². The van der Waals surface area contributed by atoms with Gasteiger partial charge in [0, 0.05) is 30.6 Å². The number of ether oxygens (including phenoxy) is 3. The topological polar surface area (TPSA) is 165 Å². The van der Waals surface area contributed by atoms with Crippen molar-refractivity contribution in [3.05, 3.63) is 144 Å². The molecule has 0 aliphatic carbocycles. The number of nitrogens with one attached hydrogen (secondary N) is 1. The van der Waals surface area contributed by atoms with Gasteiger partial charge < -0.3 is 39.1 Å². The summed E-state index contributed by atoms with van der Waals surface area (Å²) in [5, 5.41) is 23.7. The Balaban J connectivity index is 1.53. The van der Waals surface area contributed by atoms with Gasteiger partial charge in [0.2, 0.25) is 6.79 Å². The summed E-state index contributed by atoms with van der Waals surface area (Å²) in [7, 11) is 0. The summed E-state index contributed by atoms with van der Waals surface area (Å²) >= 11 is 0. The number of carbonyl (C=O) groups excluding carboxylic acids is 3. The maximum Gasteiger partial charge on any atom is 0.339 e. The predicted octanol–water partition coefficient (Wildman–Crippen LogP) is 6.92. The van der Waals surface area contributed by atoms with Crippen molar-refractivity contribution in [2.24, 2.45) is 0 Å². The SMILES string of the molecule is C=CC(C)OC(=O)C(CC(=O)O)=C(O)C(=O)N(CC=Cc1ccccc1)C(C)C(Cc1ccc(C(=O)Nc2ccccc2)o1)c1ccc2c(c1)OCO2. The zero-order valence-corrected chi connectivity index (χ0v) is 29.3. The van der Waals surface area contributed by atoms with Crippen LogP contribution in [0.5, 0.6) is 11.5 Å². The van der Waals surface area contributed by atoms with Gasteiger partial charge in [0.05, 0.1) is 12.0 Å². The summed E-state index contributed by atoms with van der Waals surface area (Å²) in [4.78, 5) is 53.5. The fraction of sp³-hybridized carbons (Fsp3) is 0.220. The van der Waals surface area contributed by atoms with Crippen LogP contribution in [0.3, 0.4) is 0 Å². The third-order valence-electron chi connectivity index (χ3n) is 8.60. The van der Waals surface area contributed by atoms with E-state index in [0.717, 1.165) is 5.56 Å². The fourth-order valence-electron chi connectivity index (χ4n) is 5.73. The molecule has 4 aromatic rings. The van der Waals surface area contributed by atoms with Crippen molar-refractivity contribution < 1.29 is 48.0 Å². The van der Waals surface area contributed by atoms with Crippen molar-refractivity contribution in [3.63, 3.8) is 0 Å². The minimum Gasteiger partial charge on any atom is -0.503 e. The number of carbonyl (C=O) groups is 4. The minimum atomic E-state index is -1.45. The van der Waals surface area contributed by atoms with E-state index in [-0.39, 0.29) is 25.5 Å². The van der Waals surface area contributed by atoms with Gasteiger partial charge in [-0.2, -0.15) is 0 Å². The average Bonchev–Trinajstić information content (AvgIpc) is 3.84. The normalized spacial score (nSPS) is 14.1. The number of nitrogens with zero attached hydrogens (tertiary/aromatic N) is 1. The molecule has 53 heavy (non-hydrogen) atoms. The van der Waals surface area contributed by atoms with Gasteiger partial charge >= 0.3 is 11.9 Å². The zero-order valence-electron chi connectivity index (χ0n) is 29.3. The summed E-state index contributed by atoms with van der Waals surface area (Å²) in [5.74, 6) is -4.13. The molecule has 2 amide bonds. The second-order valence-corrected chi connectivity index (χ2v) is 12.3. The lowest BCUT2D eigenvalue weighted by Gasteiger charge is -2.34. The molecule has 1 aliphatic heterocycles. The highest BCUT2D eigenvalue weighted by molar-refractivity contribution is 6.04. The first kappa shape index (κ1) is 37.7. The Hall–Kier alpha value is -6.56. The second kappa shape index (κ2) is 17.6. The van der Waals surface area contributed by atoms with E-state index in [1.807, 2.05) is 42.5 Å². The van der Waals surface area contributed by atoms with Crippen LogP contribution in [0.25, 0.3) is 6.08 Å². The molecule has 2 heterocycles. The first-order chi connectivity index (χ1) is 25.5. The predicted molar refractivity (Wildman–Crippen MR) is 196 cm³/mol. The monoisotopic (exact) mass is 720 g/mol. The summed E-state index contributed by atoms with van der Waals surface area (Å²) in [6.07, 6.45) is 3.24. The van der Waals surface area contributed by atoms with Crippen LogP contribution in [0.2, 0.25) is 0 Å². The molecule has 0 saturated heterocycles. The third kappa shape index (κ3) is 9.82. The Morgan fingerprint density at radius 3 is 2.32 bits per heavy atom. The molecule has 1 aliphatic rings. The molecule has 0 spiro atoms. The van der Waals surface area contributed by atoms with Crippen LogP contribution in [0.15, 0.2) is 125 Å². The molecule has 0 saturated carbocycles. The van der Waals surface area contributed by atoms with Crippen LogP contribution in [-0.4, -0.2) is 64.3 Å². The van der Waals surface area contributed by atoms with E-state index in [2.05, 4.69) is 11.9 Å². The number of carboxylic acids is 1. The quantitative estimate of drug-likeness (QED) is 0.0479. The van der Waals surface area contributed by atoms with E-state index in [0.29, 0.717) is 28.5 Å². The smallest absolute Gasteiger partial charge is 0.339 e. The maximum atomic E-state index is 14.3. The van der Waals surface area contributed by atoms with E-state index in [9.17, 15) is 29.4 Å². The molecule has 3 unspecified atom stereocenters. The first-order valence-corrected chi connectivity index (χ1v) is 16.9. The number of aliphatic carboxylic acids is 1. The summed E-state index contributed by atoms with van der Waals surface area (Å²) in [6, 6.07) is 26.1. The molecular weight excluding hydrogens is 680 g/mol. The largest absolute Gasteiger partial charge is 0.503 e. The number of benzene rings is 3. The van der Waals surface area contributed by atoms with Gasteiger partial charge in [0.25, 0.3) is 11.8 Å². The summed E-state index contributed by atoms with van der Waals surface area (Å²) < 4.78 is 22.4. The molecule has 1 aromatic heterocycles. The van der Waals surface area contributed by atoms with Crippen molar-refractivity contribution in [3.8, 4) is 11.5 Å². The number of esters is 1. The zero-order chi connectivity index (χ0) is 37.9. The Morgan fingerprint density at radius 1 is 0.925 bits per heavy atom. The molecule has 3 atom stereocenters. The van der Waals surface area contributed by atoms with Crippen LogP contribution in [0, 0.1) is 0 Å². The minimum absolute atomic E-state index is 0.0392. The van der Waals surface area contributed by atoms with Gasteiger partial charge in [-0.3, -0.25) is 14.4 Å². The van der Waals surface area contributed by atoms with Crippen LogP contribution in [-0.2, 0) is 25.5 Å². The second-order valence-electron chi connectivity index (χ2n) is 12.3. The van der Waals surface area contributed by atoms with Crippen molar-refractivity contribution in [1.82, 2.24) is 4.90 Å². The molecule has 0 radical (unpaired) electrons. The van der Waals surface area contributed by atoms with Gasteiger partial charge in [0.15, 0.2) is 23.0 Å². The molecule has 5 rings (SSSR count). The number of anilines is 1. The molecule has 0 bridgehead atoms. The van der Waals surface area contributed by atoms with Crippen molar-refractivity contribution >= 4 is 35.5 Å². The number of amides is 2. The van der Waals surface area contributed by atoms with Gasteiger partial charge in [-0.05, 0) is 61.4 Å². The number of hydrogen-bond donors (Lipinski definition) is 3. The number of rotatable bonds is 16. The molecular formula is C41H40N2O10. The van der Waals surface area contributed by atoms with E-state index in [1.54, 1.807) is 67.6 Å². The molecule has 274 valence electrons. The molecule has 12 heteroatoms. The Labute approximate surface area is 306 Å². The van der Waals surface area contributed by atoms with E-state index in [4.69, 9.17) is 18.6 Å². The standard InChI is InChI=1S/C41H40N2O10/c1-4-26(2)52-41(49)33(24-37(44)45)38(46)40(48)43(21-11-14-28-12-7-5-8-13-28)27(3)32(29-17-19-34-36(22-29)51-25-50-34)23-31-18-20-35(53-31)39(47)42-30-15-9-6-10-16-30/h4-20,22,26-27,32,46H,1,21,23-25H2,2-3H3,(H,42,47)(H,44,45). The number of fused-ring (bicyclic) bond motifs is 1. The van der Waals surface area contributed by atoms with E-state index >= 15 is 0 Å². The van der Waals surface area contributed by atoms with Crippen LogP contribution in [0.1, 0.15) is 53.6 Å². The molecule has 3 N–H and O–H groups in total. The Kier molecular flexibility index (Phi) is 12.5. The first-order valence-electron chi connectivity index (χ1n) is 16.9. The molecule has 0 fully saturated rings. The highest BCUT2D eigenvalue weighted by Gasteiger charge is 2.35. The van der Waals surface area contributed by atoms with Crippen molar-refractivity contribution in [2.75, 3.05) is 18.7 Å². The van der Waals surface area contributed by atoms with E-state index in [1.165, 1.54) is 17.9 Å². The van der Waals surface area contributed by atoms with Crippen LogP contribution < -0.4 is 14.8 Å². The van der Waals surface area contributed by atoms with Crippen LogP contribution >= 0.6 is 0 Å². The van der Waals surface area contributed by atoms with Crippen molar-refractivity contribution in [2.45, 2.75) is 44.8 Å². The summed E-state index contributed by atoms with van der Waals surface area (Å²) in [6.45, 7) is 6.81. The fourth-order valence-corrected chi connectivity index (χ4v) is 5.73. The molecule has 3 aromatic carbocycles. The highest BCUT2D eigenvalue weighted by Crippen LogP contribution is 2.38. The lowest BCUT2D eigenvalue weighted by molar-refractivity contribution is -0.145. The average molecular weight is 721 g/mol. The third-order valence-corrected chi connectivity index (χ3v) is 8.60. The maximum absolute atomic E-state index is 14.3. The summed E-state index contributed by atoms with van der Waals surface area (Å²) in [5.41, 5.74) is 1.45. The number of aliphatic hydroxyl groups is 1.